The van der Waals surface area contributed by atoms with Crippen LogP contribution in [0.25, 0.3) is 0 Å². The fourth-order valence-corrected chi connectivity index (χ4v) is 3.77. The van der Waals surface area contributed by atoms with Crippen LogP contribution in [0.2, 0.25) is 0 Å². The molecule has 16 heavy (non-hydrogen) atoms. The van der Waals surface area contributed by atoms with Crippen LogP contribution < -0.4 is 10.6 Å². The molecule has 86 valence electrons. The molecule has 0 aromatic heterocycles. The monoisotopic (exact) mass is 280 g/mol. The molecule has 2 atom stereocenters. The zero-order valence-corrected chi connectivity index (χ0v) is 10.9. The molecule has 3 heteroatoms. The number of halogens is 1. The molecule has 0 aliphatic carbocycles. The van der Waals surface area contributed by atoms with Crippen LogP contribution >= 0.6 is 15.9 Å². The van der Waals surface area contributed by atoms with Crippen molar-refractivity contribution in [3.8, 4) is 0 Å². The third kappa shape index (κ3) is 1.49. The molecule has 0 saturated carbocycles. The van der Waals surface area contributed by atoms with E-state index in [0.29, 0.717) is 6.04 Å². The predicted molar refractivity (Wildman–Crippen MR) is 70.8 cm³/mol. The summed E-state index contributed by atoms with van der Waals surface area (Å²) < 4.78 is 1.26. The molecule has 1 aromatic rings. The maximum atomic E-state index is 5.88. The lowest BCUT2D eigenvalue weighted by atomic mass is 9.96. The highest BCUT2D eigenvalue weighted by Gasteiger charge is 2.36. The summed E-state index contributed by atoms with van der Waals surface area (Å²) in [5.41, 5.74) is 8.77. The van der Waals surface area contributed by atoms with E-state index in [1.165, 1.54) is 41.4 Å². The highest BCUT2D eigenvalue weighted by molar-refractivity contribution is 9.10. The van der Waals surface area contributed by atoms with Gasteiger partial charge in [-0.05, 0) is 43.4 Å². The Kier molecular flexibility index (Phi) is 2.68. The van der Waals surface area contributed by atoms with Crippen LogP contribution in [0, 0.1) is 0 Å². The molecular formula is C13H17BrN2. The number of fused-ring (bicyclic) bond motifs is 3. The number of anilines is 1. The maximum absolute atomic E-state index is 5.88. The summed E-state index contributed by atoms with van der Waals surface area (Å²) in [5.74, 6) is 0. The number of rotatable bonds is 1. The molecule has 1 aromatic carbocycles. The first-order valence-electron chi connectivity index (χ1n) is 6.07. The molecule has 2 nitrogen and oxygen atoms in total. The van der Waals surface area contributed by atoms with Crippen molar-refractivity contribution in [2.24, 2.45) is 5.73 Å². The highest BCUT2D eigenvalue weighted by Crippen LogP contribution is 2.41. The zero-order valence-electron chi connectivity index (χ0n) is 9.32. The molecule has 3 rings (SSSR count). The largest absolute Gasteiger partial charge is 0.364 e. The zero-order chi connectivity index (χ0) is 11.1. The molecule has 1 saturated heterocycles. The van der Waals surface area contributed by atoms with Gasteiger partial charge in [0.15, 0.2) is 0 Å². The minimum atomic E-state index is 0.554. The quantitative estimate of drug-likeness (QED) is 0.857. The molecule has 0 amide bonds. The molecule has 2 aliphatic heterocycles. The molecule has 2 heterocycles. The van der Waals surface area contributed by atoms with Gasteiger partial charge in [-0.2, -0.15) is 0 Å². The van der Waals surface area contributed by atoms with E-state index in [2.05, 4.69) is 39.0 Å². The molecular weight excluding hydrogens is 264 g/mol. The second-order valence-corrected chi connectivity index (χ2v) is 5.66. The second-order valence-electron chi connectivity index (χ2n) is 4.80. The van der Waals surface area contributed by atoms with Crippen molar-refractivity contribution in [2.45, 2.75) is 37.8 Å². The summed E-state index contributed by atoms with van der Waals surface area (Å²) in [6, 6.07) is 7.82. The smallest absolute Gasteiger partial charge is 0.0416 e. The van der Waals surface area contributed by atoms with E-state index in [9.17, 15) is 0 Å². The first-order valence-corrected chi connectivity index (χ1v) is 6.86. The molecule has 0 radical (unpaired) electrons. The van der Waals surface area contributed by atoms with Crippen LogP contribution in [0.3, 0.4) is 0 Å². The Morgan fingerprint density at radius 3 is 3.00 bits per heavy atom. The SMILES string of the molecule is NCC1CCC2CCc3c(Br)cccc3N12. The van der Waals surface area contributed by atoms with Crippen molar-refractivity contribution in [1.29, 1.82) is 0 Å². The molecule has 2 N–H and O–H groups in total. The van der Waals surface area contributed by atoms with Crippen molar-refractivity contribution >= 4 is 21.6 Å². The van der Waals surface area contributed by atoms with Gasteiger partial charge >= 0.3 is 0 Å². The van der Waals surface area contributed by atoms with Crippen molar-refractivity contribution in [2.75, 3.05) is 11.4 Å². The van der Waals surface area contributed by atoms with Crippen LogP contribution in [0.1, 0.15) is 24.8 Å². The normalized spacial score (nSPS) is 27.8. The van der Waals surface area contributed by atoms with Gasteiger partial charge in [-0.25, -0.2) is 0 Å². The summed E-state index contributed by atoms with van der Waals surface area (Å²) in [7, 11) is 0. The van der Waals surface area contributed by atoms with Gasteiger partial charge in [0.05, 0.1) is 0 Å². The molecule has 1 fully saturated rings. The third-order valence-electron chi connectivity index (χ3n) is 3.99. The maximum Gasteiger partial charge on any atom is 0.0416 e. The Bertz CT molecular complexity index is 405. The lowest BCUT2D eigenvalue weighted by Crippen LogP contribution is -2.43. The van der Waals surface area contributed by atoms with Crippen molar-refractivity contribution in [3.63, 3.8) is 0 Å². The van der Waals surface area contributed by atoms with E-state index in [0.717, 1.165) is 12.6 Å². The van der Waals surface area contributed by atoms with Gasteiger partial charge in [0.1, 0.15) is 0 Å². The molecule has 2 aliphatic rings. The van der Waals surface area contributed by atoms with Gasteiger partial charge < -0.3 is 10.6 Å². The Morgan fingerprint density at radius 1 is 1.31 bits per heavy atom. The highest BCUT2D eigenvalue weighted by atomic mass is 79.9. The Balaban J connectivity index is 2.06. The predicted octanol–water partition coefficient (Wildman–Crippen LogP) is 2.69. The average molecular weight is 281 g/mol. The molecule has 2 unspecified atom stereocenters. The summed E-state index contributed by atoms with van der Waals surface area (Å²) >= 11 is 3.66. The number of hydrogen-bond donors (Lipinski definition) is 1. The van der Waals surface area contributed by atoms with Crippen LogP contribution in [0.4, 0.5) is 5.69 Å². The number of nitrogens with two attached hydrogens (primary N) is 1. The van der Waals surface area contributed by atoms with E-state index in [1.807, 2.05) is 0 Å². The number of nitrogens with zero attached hydrogens (tertiary/aromatic N) is 1. The van der Waals surface area contributed by atoms with Crippen LogP contribution in [-0.2, 0) is 6.42 Å². The van der Waals surface area contributed by atoms with Crippen molar-refractivity contribution < 1.29 is 0 Å². The minimum absolute atomic E-state index is 0.554. The van der Waals surface area contributed by atoms with Crippen LogP contribution in [-0.4, -0.2) is 18.6 Å². The van der Waals surface area contributed by atoms with Gasteiger partial charge in [0.25, 0.3) is 0 Å². The summed E-state index contributed by atoms with van der Waals surface area (Å²) in [4.78, 5) is 2.57. The molecule has 0 bridgehead atoms. The number of benzene rings is 1. The average Bonchev–Trinajstić information content (AvgIpc) is 2.72. The molecule has 0 spiro atoms. The van der Waals surface area contributed by atoms with E-state index >= 15 is 0 Å². The van der Waals surface area contributed by atoms with Gasteiger partial charge in [0.2, 0.25) is 0 Å². The summed E-state index contributed by atoms with van der Waals surface area (Å²) in [6.45, 7) is 0.780. The lowest BCUT2D eigenvalue weighted by Gasteiger charge is -2.38. The number of hydrogen-bond acceptors (Lipinski definition) is 2. The minimum Gasteiger partial charge on any atom is -0.364 e. The second kappa shape index (κ2) is 4.04. The van der Waals surface area contributed by atoms with E-state index in [4.69, 9.17) is 5.73 Å². The van der Waals surface area contributed by atoms with Gasteiger partial charge in [-0.15, -0.1) is 0 Å². The first kappa shape index (κ1) is 10.6. The van der Waals surface area contributed by atoms with Crippen molar-refractivity contribution in [3.05, 3.63) is 28.2 Å². The third-order valence-corrected chi connectivity index (χ3v) is 4.73. The van der Waals surface area contributed by atoms with E-state index in [-0.39, 0.29) is 0 Å². The fourth-order valence-electron chi connectivity index (χ4n) is 3.22. The van der Waals surface area contributed by atoms with Gasteiger partial charge in [-0.3, -0.25) is 0 Å². The Hall–Kier alpha value is -0.540. The summed E-state index contributed by atoms with van der Waals surface area (Å²) in [5, 5.41) is 0. The Labute approximate surface area is 105 Å². The van der Waals surface area contributed by atoms with E-state index < -0.39 is 0 Å². The lowest BCUT2D eigenvalue weighted by molar-refractivity contribution is 0.561. The van der Waals surface area contributed by atoms with Crippen molar-refractivity contribution in [1.82, 2.24) is 0 Å². The van der Waals surface area contributed by atoms with Gasteiger partial charge in [0, 0.05) is 28.8 Å². The van der Waals surface area contributed by atoms with Gasteiger partial charge in [-0.1, -0.05) is 22.0 Å². The van der Waals surface area contributed by atoms with Crippen LogP contribution in [0.15, 0.2) is 22.7 Å². The standard InChI is InChI=1S/C13H17BrN2/c14-12-2-1-3-13-11(12)7-6-9-4-5-10(8-15)16(9)13/h1-3,9-10H,4-8,15H2. The topological polar surface area (TPSA) is 29.3 Å². The Morgan fingerprint density at radius 2 is 2.19 bits per heavy atom. The van der Waals surface area contributed by atoms with Crippen LogP contribution in [0.5, 0.6) is 0 Å². The fraction of sp³-hybridized carbons (Fsp3) is 0.538. The first-order chi connectivity index (χ1) is 7.81. The summed E-state index contributed by atoms with van der Waals surface area (Å²) in [6.07, 6.45) is 5.06. The van der Waals surface area contributed by atoms with E-state index in [1.54, 1.807) is 0 Å².